The van der Waals surface area contributed by atoms with E-state index in [1.807, 2.05) is 18.4 Å². The van der Waals surface area contributed by atoms with E-state index < -0.39 is 0 Å². The van der Waals surface area contributed by atoms with Crippen molar-refractivity contribution in [3.63, 3.8) is 0 Å². The Balaban J connectivity index is 2.42. The Kier molecular flexibility index (Phi) is 3.61. The van der Waals surface area contributed by atoms with Gasteiger partial charge in [0, 0.05) is 20.3 Å². The second-order valence-electron chi connectivity index (χ2n) is 3.20. The van der Waals surface area contributed by atoms with Crippen molar-refractivity contribution in [2.24, 2.45) is 0 Å². The van der Waals surface area contributed by atoms with Crippen molar-refractivity contribution in [2.75, 3.05) is 6.61 Å². The van der Waals surface area contributed by atoms with E-state index in [-0.39, 0.29) is 5.82 Å². The van der Waals surface area contributed by atoms with Gasteiger partial charge in [-0.25, -0.2) is 4.39 Å². The summed E-state index contributed by atoms with van der Waals surface area (Å²) in [5.41, 5.74) is 0.585. The summed E-state index contributed by atoms with van der Waals surface area (Å²) in [5, 5.41) is 1.93. The molecule has 2 rings (SSSR count). The van der Waals surface area contributed by atoms with Gasteiger partial charge in [0.25, 0.3) is 0 Å². The van der Waals surface area contributed by atoms with Gasteiger partial charge < -0.3 is 4.74 Å². The molecule has 4 heteroatoms. The van der Waals surface area contributed by atoms with Crippen LogP contribution < -0.4 is 4.74 Å². The third-order valence-electron chi connectivity index (χ3n) is 2.08. The lowest BCUT2D eigenvalue weighted by molar-refractivity contribution is 0.340. The Bertz CT molecular complexity index is 496. The van der Waals surface area contributed by atoms with Gasteiger partial charge in [-0.1, -0.05) is 0 Å². The van der Waals surface area contributed by atoms with Gasteiger partial charge in [0.1, 0.15) is 11.6 Å². The van der Waals surface area contributed by atoms with Crippen LogP contribution >= 0.6 is 27.3 Å². The molecule has 2 aromatic rings. The number of benzene rings is 1. The summed E-state index contributed by atoms with van der Waals surface area (Å²) in [6.07, 6.45) is 0. The van der Waals surface area contributed by atoms with E-state index in [2.05, 4.69) is 15.9 Å². The molecule has 0 bridgehead atoms. The molecule has 1 aromatic carbocycles. The van der Waals surface area contributed by atoms with Crippen molar-refractivity contribution in [1.29, 1.82) is 0 Å². The Labute approximate surface area is 106 Å². The van der Waals surface area contributed by atoms with E-state index in [1.54, 1.807) is 12.1 Å². The molecule has 0 saturated carbocycles. The first-order valence-corrected chi connectivity index (χ1v) is 6.54. The molecule has 0 aliphatic carbocycles. The lowest BCUT2D eigenvalue weighted by atomic mass is 10.1. The lowest BCUT2D eigenvalue weighted by Crippen LogP contribution is -1.92. The number of ether oxygens (including phenoxy) is 1. The Hall–Kier alpha value is -0.870. The van der Waals surface area contributed by atoms with Gasteiger partial charge in [-0.2, -0.15) is 0 Å². The van der Waals surface area contributed by atoms with Crippen molar-refractivity contribution in [3.8, 4) is 16.2 Å². The fourth-order valence-corrected chi connectivity index (χ4v) is 2.85. The molecule has 16 heavy (non-hydrogen) atoms. The van der Waals surface area contributed by atoms with Crippen LogP contribution in [0.2, 0.25) is 0 Å². The minimum Gasteiger partial charge on any atom is -0.494 e. The van der Waals surface area contributed by atoms with Crippen LogP contribution in [0, 0.1) is 5.82 Å². The standard InChI is InChI=1S/C12H10BrFOS/c1-2-15-9-3-4-11(14)10(6-9)12-5-8(13)7-16-12/h3-7H,2H2,1H3. The van der Waals surface area contributed by atoms with Crippen molar-refractivity contribution in [1.82, 2.24) is 0 Å². The molecular formula is C12H10BrFOS. The van der Waals surface area contributed by atoms with Gasteiger partial charge in [0.15, 0.2) is 0 Å². The highest BCUT2D eigenvalue weighted by Gasteiger charge is 2.08. The van der Waals surface area contributed by atoms with E-state index in [0.29, 0.717) is 17.9 Å². The van der Waals surface area contributed by atoms with Gasteiger partial charge >= 0.3 is 0 Å². The van der Waals surface area contributed by atoms with Crippen molar-refractivity contribution in [2.45, 2.75) is 6.92 Å². The smallest absolute Gasteiger partial charge is 0.132 e. The van der Waals surface area contributed by atoms with E-state index in [4.69, 9.17) is 4.74 Å². The fraction of sp³-hybridized carbons (Fsp3) is 0.167. The van der Waals surface area contributed by atoms with Crippen LogP contribution in [0.4, 0.5) is 4.39 Å². The van der Waals surface area contributed by atoms with Gasteiger partial charge in [0.2, 0.25) is 0 Å². The van der Waals surface area contributed by atoms with Crippen LogP contribution in [0.3, 0.4) is 0 Å². The molecule has 1 aromatic heterocycles. The van der Waals surface area contributed by atoms with Crippen molar-refractivity contribution in [3.05, 3.63) is 39.9 Å². The number of halogens is 2. The maximum absolute atomic E-state index is 13.6. The Morgan fingerprint density at radius 3 is 2.81 bits per heavy atom. The summed E-state index contributed by atoms with van der Waals surface area (Å²) in [6, 6.07) is 6.72. The first kappa shape index (κ1) is 11.6. The normalized spacial score (nSPS) is 10.4. The highest BCUT2D eigenvalue weighted by Crippen LogP contribution is 2.33. The zero-order valence-electron chi connectivity index (χ0n) is 8.67. The largest absolute Gasteiger partial charge is 0.494 e. The summed E-state index contributed by atoms with van der Waals surface area (Å²) in [6.45, 7) is 2.49. The van der Waals surface area contributed by atoms with E-state index in [1.165, 1.54) is 17.4 Å². The van der Waals surface area contributed by atoms with Gasteiger partial charge in [-0.15, -0.1) is 11.3 Å². The van der Waals surface area contributed by atoms with E-state index in [0.717, 1.165) is 9.35 Å². The van der Waals surface area contributed by atoms with Crippen LogP contribution in [-0.4, -0.2) is 6.61 Å². The van der Waals surface area contributed by atoms with E-state index in [9.17, 15) is 4.39 Å². The Morgan fingerprint density at radius 2 is 2.19 bits per heavy atom. The third-order valence-corrected chi connectivity index (χ3v) is 3.81. The predicted octanol–water partition coefficient (Wildman–Crippen LogP) is 4.72. The number of hydrogen-bond donors (Lipinski definition) is 0. The molecule has 0 fully saturated rings. The number of rotatable bonds is 3. The van der Waals surface area contributed by atoms with Crippen LogP contribution in [0.5, 0.6) is 5.75 Å². The molecule has 0 N–H and O–H groups in total. The van der Waals surface area contributed by atoms with Gasteiger partial charge in [0.05, 0.1) is 6.61 Å². The molecule has 1 nitrogen and oxygen atoms in total. The highest BCUT2D eigenvalue weighted by molar-refractivity contribution is 9.10. The van der Waals surface area contributed by atoms with E-state index >= 15 is 0 Å². The molecule has 0 saturated heterocycles. The molecule has 0 aliphatic rings. The first-order chi connectivity index (χ1) is 7.70. The van der Waals surface area contributed by atoms with Crippen LogP contribution in [0.25, 0.3) is 10.4 Å². The second-order valence-corrected chi connectivity index (χ2v) is 5.03. The molecule has 0 radical (unpaired) electrons. The molecule has 0 amide bonds. The van der Waals surface area contributed by atoms with Crippen LogP contribution in [0.1, 0.15) is 6.92 Å². The molecule has 0 atom stereocenters. The predicted molar refractivity (Wildman–Crippen MR) is 68.6 cm³/mol. The molecular weight excluding hydrogens is 291 g/mol. The maximum Gasteiger partial charge on any atom is 0.132 e. The van der Waals surface area contributed by atoms with Crippen LogP contribution in [0.15, 0.2) is 34.1 Å². The molecule has 0 unspecified atom stereocenters. The van der Waals surface area contributed by atoms with Crippen molar-refractivity contribution < 1.29 is 9.13 Å². The zero-order chi connectivity index (χ0) is 11.5. The number of hydrogen-bond acceptors (Lipinski definition) is 2. The maximum atomic E-state index is 13.6. The number of thiophene rings is 1. The Morgan fingerprint density at radius 1 is 1.38 bits per heavy atom. The minimum absolute atomic E-state index is 0.224. The van der Waals surface area contributed by atoms with Gasteiger partial charge in [-0.05, 0) is 47.1 Å². The summed E-state index contributed by atoms with van der Waals surface area (Å²) in [7, 11) is 0. The molecule has 0 aliphatic heterocycles. The minimum atomic E-state index is -0.224. The van der Waals surface area contributed by atoms with Crippen LogP contribution in [-0.2, 0) is 0 Å². The summed E-state index contributed by atoms with van der Waals surface area (Å²) in [5.74, 6) is 0.473. The monoisotopic (exact) mass is 300 g/mol. The van der Waals surface area contributed by atoms with Crippen molar-refractivity contribution >= 4 is 27.3 Å². The highest BCUT2D eigenvalue weighted by atomic mass is 79.9. The second kappa shape index (κ2) is 4.97. The topological polar surface area (TPSA) is 9.23 Å². The first-order valence-electron chi connectivity index (χ1n) is 4.87. The molecule has 0 spiro atoms. The molecule has 1 heterocycles. The fourth-order valence-electron chi connectivity index (χ4n) is 1.40. The quantitative estimate of drug-likeness (QED) is 0.797. The molecule has 84 valence electrons. The summed E-state index contributed by atoms with van der Waals surface area (Å²) >= 11 is 4.86. The summed E-state index contributed by atoms with van der Waals surface area (Å²) in [4.78, 5) is 0.894. The van der Waals surface area contributed by atoms with Gasteiger partial charge in [-0.3, -0.25) is 0 Å². The third kappa shape index (κ3) is 2.44. The summed E-state index contributed by atoms with van der Waals surface area (Å²) < 4.78 is 20.0. The SMILES string of the molecule is CCOc1ccc(F)c(-c2cc(Br)cs2)c1. The zero-order valence-corrected chi connectivity index (χ0v) is 11.1. The lowest BCUT2D eigenvalue weighted by Gasteiger charge is -2.05. The average Bonchev–Trinajstić information content (AvgIpc) is 2.68. The average molecular weight is 301 g/mol.